The van der Waals surface area contributed by atoms with E-state index in [0.717, 1.165) is 27.0 Å². The topological polar surface area (TPSA) is 62.3 Å². The van der Waals surface area contributed by atoms with Crippen LogP contribution in [0.25, 0.3) is 10.2 Å². The van der Waals surface area contributed by atoms with E-state index in [4.69, 9.17) is 0 Å². The monoisotopic (exact) mass is 365 g/mol. The quantitative estimate of drug-likeness (QED) is 0.765. The van der Waals surface area contributed by atoms with Gasteiger partial charge in [0.2, 0.25) is 11.8 Å². The number of rotatable bonds is 3. The summed E-state index contributed by atoms with van der Waals surface area (Å²) in [5.74, 6) is -0.530. The Morgan fingerprint density at radius 2 is 2.04 bits per heavy atom. The van der Waals surface area contributed by atoms with Crippen LogP contribution in [-0.2, 0) is 9.59 Å². The highest BCUT2D eigenvalue weighted by Gasteiger charge is 2.35. The Morgan fingerprint density at radius 3 is 2.81 bits per heavy atom. The van der Waals surface area contributed by atoms with Crippen LogP contribution in [0.4, 0.5) is 10.8 Å². The number of thiazole rings is 1. The van der Waals surface area contributed by atoms with Crippen LogP contribution in [0.3, 0.4) is 0 Å². The lowest BCUT2D eigenvalue weighted by Crippen LogP contribution is -2.28. The summed E-state index contributed by atoms with van der Waals surface area (Å²) in [4.78, 5) is 31.2. The molecule has 0 spiro atoms. The van der Waals surface area contributed by atoms with Gasteiger partial charge in [0.05, 0.1) is 16.1 Å². The molecule has 1 aliphatic rings. The van der Waals surface area contributed by atoms with Crippen molar-refractivity contribution in [2.45, 2.75) is 20.3 Å². The molecule has 132 valence electrons. The highest BCUT2D eigenvalue weighted by Crippen LogP contribution is 2.30. The SMILES string of the molecule is Cc1cccc(N2CC(C(=O)Nc3nc4c(C)cccc4s3)CC2=O)c1. The number of para-hydroxylation sites is 1. The van der Waals surface area contributed by atoms with Crippen molar-refractivity contribution >= 4 is 44.2 Å². The van der Waals surface area contributed by atoms with Crippen LogP contribution < -0.4 is 10.2 Å². The van der Waals surface area contributed by atoms with Gasteiger partial charge in [-0.2, -0.15) is 0 Å². The zero-order chi connectivity index (χ0) is 18.3. The van der Waals surface area contributed by atoms with Crippen LogP contribution in [0.1, 0.15) is 17.5 Å². The van der Waals surface area contributed by atoms with E-state index in [0.29, 0.717) is 11.7 Å². The molecule has 6 heteroatoms. The molecule has 5 nitrogen and oxygen atoms in total. The molecule has 2 amide bonds. The predicted octanol–water partition coefficient (Wildman–Crippen LogP) is 3.90. The number of nitrogens with zero attached hydrogens (tertiary/aromatic N) is 2. The Bertz CT molecular complexity index is 1010. The zero-order valence-electron chi connectivity index (χ0n) is 14.7. The third kappa shape index (κ3) is 3.08. The Labute approximate surface area is 155 Å². The fourth-order valence-corrected chi connectivity index (χ4v) is 4.22. The Morgan fingerprint density at radius 1 is 1.23 bits per heavy atom. The summed E-state index contributed by atoms with van der Waals surface area (Å²) < 4.78 is 1.05. The molecule has 0 aliphatic carbocycles. The molecule has 0 radical (unpaired) electrons. The largest absolute Gasteiger partial charge is 0.312 e. The van der Waals surface area contributed by atoms with Crippen molar-refractivity contribution in [2.75, 3.05) is 16.8 Å². The first-order chi connectivity index (χ1) is 12.5. The molecule has 2 heterocycles. The summed E-state index contributed by atoms with van der Waals surface area (Å²) >= 11 is 1.46. The van der Waals surface area contributed by atoms with E-state index < -0.39 is 0 Å². The van der Waals surface area contributed by atoms with E-state index in [9.17, 15) is 9.59 Å². The minimum Gasteiger partial charge on any atom is -0.312 e. The van der Waals surface area contributed by atoms with Gasteiger partial charge in [-0.15, -0.1) is 0 Å². The molecule has 3 aromatic rings. The standard InChI is InChI=1S/C20H19N3O2S/c1-12-5-3-7-15(9-12)23-11-14(10-17(23)24)19(25)22-20-21-18-13(2)6-4-8-16(18)26-20/h3-9,14H,10-11H2,1-2H3,(H,21,22,25). The van der Waals surface area contributed by atoms with Crippen LogP contribution >= 0.6 is 11.3 Å². The average Bonchev–Trinajstić information content (AvgIpc) is 3.19. The molecule has 0 saturated carbocycles. The molecule has 1 saturated heterocycles. The first-order valence-electron chi connectivity index (χ1n) is 8.55. The van der Waals surface area contributed by atoms with Crippen LogP contribution in [0.15, 0.2) is 42.5 Å². The van der Waals surface area contributed by atoms with Crippen LogP contribution in [0.2, 0.25) is 0 Å². The second-order valence-corrected chi connectivity index (χ2v) is 7.70. The van der Waals surface area contributed by atoms with E-state index in [1.165, 1.54) is 11.3 Å². The summed E-state index contributed by atoms with van der Waals surface area (Å²) in [6.45, 7) is 4.39. The maximum atomic E-state index is 12.6. The lowest BCUT2D eigenvalue weighted by molar-refractivity contribution is -0.122. The van der Waals surface area contributed by atoms with Gasteiger partial charge in [0, 0.05) is 18.7 Å². The molecular formula is C20H19N3O2S. The number of hydrogen-bond acceptors (Lipinski definition) is 4. The smallest absolute Gasteiger partial charge is 0.231 e. The van der Waals surface area contributed by atoms with Gasteiger partial charge in [-0.1, -0.05) is 35.6 Å². The van der Waals surface area contributed by atoms with Crippen molar-refractivity contribution in [3.05, 3.63) is 53.6 Å². The van der Waals surface area contributed by atoms with Gasteiger partial charge >= 0.3 is 0 Å². The normalized spacial score (nSPS) is 17.1. The number of fused-ring (bicyclic) bond motifs is 1. The van der Waals surface area contributed by atoms with E-state index in [-0.39, 0.29) is 24.2 Å². The first-order valence-corrected chi connectivity index (χ1v) is 9.37. The number of aryl methyl sites for hydroxylation is 2. The number of nitrogens with one attached hydrogen (secondary N) is 1. The maximum Gasteiger partial charge on any atom is 0.231 e. The molecule has 1 unspecified atom stereocenters. The van der Waals surface area contributed by atoms with E-state index in [2.05, 4.69) is 10.3 Å². The van der Waals surface area contributed by atoms with Crippen molar-refractivity contribution in [2.24, 2.45) is 5.92 Å². The van der Waals surface area contributed by atoms with Crippen molar-refractivity contribution in [1.82, 2.24) is 4.98 Å². The number of aromatic nitrogens is 1. The molecule has 1 aliphatic heterocycles. The molecule has 1 atom stereocenters. The lowest BCUT2D eigenvalue weighted by Gasteiger charge is -2.17. The number of hydrogen-bond donors (Lipinski definition) is 1. The minimum atomic E-state index is -0.365. The Hall–Kier alpha value is -2.73. The van der Waals surface area contributed by atoms with Crippen LogP contribution in [0.5, 0.6) is 0 Å². The molecule has 26 heavy (non-hydrogen) atoms. The van der Waals surface area contributed by atoms with Crippen molar-refractivity contribution in [3.8, 4) is 0 Å². The van der Waals surface area contributed by atoms with Gasteiger partial charge in [0.25, 0.3) is 0 Å². The molecule has 4 rings (SSSR count). The van der Waals surface area contributed by atoms with E-state index >= 15 is 0 Å². The molecule has 2 aromatic carbocycles. The molecule has 1 fully saturated rings. The number of amides is 2. The lowest BCUT2D eigenvalue weighted by atomic mass is 10.1. The molecule has 0 bridgehead atoms. The average molecular weight is 365 g/mol. The second-order valence-electron chi connectivity index (χ2n) is 6.67. The summed E-state index contributed by atoms with van der Waals surface area (Å²) in [7, 11) is 0. The summed E-state index contributed by atoms with van der Waals surface area (Å²) in [6, 6.07) is 13.8. The molecular weight excluding hydrogens is 346 g/mol. The number of anilines is 2. The molecule has 1 aromatic heterocycles. The fourth-order valence-electron chi connectivity index (χ4n) is 3.28. The summed E-state index contributed by atoms with van der Waals surface area (Å²) in [5.41, 5.74) is 3.94. The van der Waals surface area contributed by atoms with Gasteiger partial charge in [0.1, 0.15) is 0 Å². The van der Waals surface area contributed by atoms with E-state index in [1.54, 1.807) is 4.90 Å². The van der Waals surface area contributed by atoms with Crippen LogP contribution in [-0.4, -0.2) is 23.3 Å². The van der Waals surface area contributed by atoms with Crippen LogP contribution in [0, 0.1) is 19.8 Å². The second kappa shape index (κ2) is 6.53. The van der Waals surface area contributed by atoms with Gasteiger partial charge in [-0.3, -0.25) is 9.59 Å². The highest BCUT2D eigenvalue weighted by atomic mass is 32.1. The zero-order valence-corrected chi connectivity index (χ0v) is 15.5. The Balaban J connectivity index is 1.50. The van der Waals surface area contributed by atoms with Crippen molar-refractivity contribution < 1.29 is 9.59 Å². The van der Waals surface area contributed by atoms with Crippen molar-refractivity contribution in [3.63, 3.8) is 0 Å². The number of benzene rings is 2. The summed E-state index contributed by atoms with van der Waals surface area (Å²) in [6.07, 6.45) is 0.226. The van der Waals surface area contributed by atoms with E-state index in [1.807, 2.05) is 56.3 Å². The first kappa shape index (κ1) is 16.7. The Kier molecular flexibility index (Phi) is 4.20. The van der Waals surface area contributed by atoms with Gasteiger partial charge in [-0.05, 0) is 43.2 Å². The number of carbonyl (C=O) groups excluding carboxylic acids is 2. The fraction of sp³-hybridized carbons (Fsp3) is 0.250. The highest BCUT2D eigenvalue weighted by molar-refractivity contribution is 7.22. The van der Waals surface area contributed by atoms with Gasteiger partial charge in [0.15, 0.2) is 5.13 Å². The number of carbonyl (C=O) groups is 2. The maximum absolute atomic E-state index is 12.6. The minimum absolute atomic E-state index is 0.0177. The van der Waals surface area contributed by atoms with Gasteiger partial charge in [-0.25, -0.2) is 4.98 Å². The summed E-state index contributed by atoms with van der Waals surface area (Å²) in [5, 5.41) is 3.48. The van der Waals surface area contributed by atoms with Crippen molar-refractivity contribution in [1.29, 1.82) is 0 Å². The van der Waals surface area contributed by atoms with Gasteiger partial charge < -0.3 is 10.2 Å². The predicted molar refractivity (Wildman–Crippen MR) is 105 cm³/mol. The third-order valence-electron chi connectivity index (χ3n) is 4.66. The third-order valence-corrected chi connectivity index (χ3v) is 5.60. The molecule has 1 N–H and O–H groups in total.